The molecule has 1 N–H and O–H groups in total. The van der Waals surface area contributed by atoms with Crippen molar-refractivity contribution >= 4 is 29.4 Å². The standard InChI is InChI=1S/C18H21ClN2O4/c1-18(17(24)25)6-7-21(10-18)16(23)13-9-14(22)20(2)15(13)11-4-3-5-12(19)8-11/h3-5,8,13,15H,6-7,9-10H2,1-2H3,(H,24,25). The van der Waals surface area contributed by atoms with Crippen molar-refractivity contribution in [3.8, 4) is 0 Å². The molecule has 3 atom stereocenters. The number of nitrogens with zero attached hydrogens (tertiary/aromatic N) is 2. The van der Waals surface area contributed by atoms with Crippen molar-refractivity contribution in [2.45, 2.75) is 25.8 Å². The molecule has 25 heavy (non-hydrogen) atoms. The van der Waals surface area contributed by atoms with E-state index in [4.69, 9.17) is 11.6 Å². The van der Waals surface area contributed by atoms with Crippen molar-refractivity contribution in [2.75, 3.05) is 20.1 Å². The SMILES string of the molecule is CN1C(=O)CC(C(=O)N2CCC(C)(C(=O)O)C2)C1c1cccc(Cl)c1. The van der Waals surface area contributed by atoms with Crippen molar-refractivity contribution in [1.29, 1.82) is 0 Å². The Labute approximate surface area is 151 Å². The smallest absolute Gasteiger partial charge is 0.311 e. The quantitative estimate of drug-likeness (QED) is 0.891. The number of rotatable bonds is 3. The molecule has 7 heteroatoms. The largest absolute Gasteiger partial charge is 0.481 e. The first-order chi connectivity index (χ1) is 11.7. The minimum absolute atomic E-state index is 0.0940. The van der Waals surface area contributed by atoms with Gasteiger partial charge in [-0.1, -0.05) is 23.7 Å². The van der Waals surface area contributed by atoms with Gasteiger partial charge >= 0.3 is 5.97 Å². The molecule has 2 heterocycles. The summed E-state index contributed by atoms with van der Waals surface area (Å²) < 4.78 is 0. The molecule has 0 radical (unpaired) electrons. The predicted molar refractivity (Wildman–Crippen MR) is 92.0 cm³/mol. The lowest BCUT2D eigenvalue weighted by Gasteiger charge is -2.28. The van der Waals surface area contributed by atoms with Gasteiger partial charge in [0.05, 0.1) is 17.4 Å². The van der Waals surface area contributed by atoms with E-state index >= 15 is 0 Å². The highest BCUT2D eigenvalue weighted by atomic mass is 35.5. The molecule has 0 aliphatic carbocycles. The number of amides is 2. The van der Waals surface area contributed by atoms with Gasteiger partial charge in [0.1, 0.15) is 0 Å². The number of carbonyl (C=O) groups excluding carboxylic acids is 2. The Morgan fingerprint density at radius 3 is 2.68 bits per heavy atom. The number of halogens is 1. The van der Waals surface area contributed by atoms with Gasteiger partial charge in [-0.2, -0.15) is 0 Å². The second-order valence-electron chi connectivity index (χ2n) is 7.19. The Morgan fingerprint density at radius 2 is 2.08 bits per heavy atom. The summed E-state index contributed by atoms with van der Waals surface area (Å²) in [6.45, 7) is 2.24. The number of carboxylic acids is 1. The zero-order valence-electron chi connectivity index (χ0n) is 14.2. The molecule has 1 aromatic rings. The van der Waals surface area contributed by atoms with Gasteiger partial charge in [0.2, 0.25) is 11.8 Å². The second kappa shape index (κ2) is 6.33. The fourth-order valence-electron chi connectivity index (χ4n) is 3.80. The Balaban J connectivity index is 1.86. The zero-order chi connectivity index (χ0) is 18.4. The van der Waals surface area contributed by atoms with Crippen LogP contribution in [-0.4, -0.2) is 52.8 Å². The summed E-state index contributed by atoms with van der Waals surface area (Å²) in [5, 5.41) is 9.92. The number of aliphatic carboxylic acids is 1. The summed E-state index contributed by atoms with van der Waals surface area (Å²) in [5.41, 5.74) is -0.102. The number of likely N-dealkylation sites (tertiary alicyclic amines) is 2. The maximum absolute atomic E-state index is 13.0. The van der Waals surface area contributed by atoms with Crippen LogP contribution >= 0.6 is 11.6 Å². The van der Waals surface area contributed by atoms with Crippen LogP contribution in [0.3, 0.4) is 0 Å². The van der Waals surface area contributed by atoms with E-state index in [-0.39, 0.29) is 30.8 Å². The molecule has 2 saturated heterocycles. The maximum Gasteiger partial charge on any atom is 0.311 e. The van der Waals surface area contributed by atoms with Crippen molar-refractivity contribution in [2.24, 2.45) is 11.3 Å². The van der Waals surface area contributed by atoms with Gasteiger partial charge in [-0.05, 0) is 31.0 Å². The number of hydrogen-bond donors (Lipinski definition) is 1. The normalized spacial score (nSPS) is 29.3. The summed E-state index contributed by atoms with van der Waals surface area (Å²) in [6, 6.07) is 6.80. The van der Waals surface area contributed by atoms with Gasteiger partial charge in [0.25, 0.3) is 0 Å². The van der Waals surface area contributed by atoms with Crippen LogP contribution in [0, 0.1) is 11.3 Å². The van der Waals surface area contributed by atoms with E-state index in [0.29, 0.717) is 18.0 Å². The molecule has 1 aromatic carbocycles. The van der Waals surface area contributed by atoms with Crippen LogP contribution in [0.1, 0.15) is 31.4 Å². The number of carbonyl (C=O) groups is 3. The van der Waals surface area contributed by atoms with Crippen molar-refractivity contribution in [3.63, 3.8) is 0 Å². The highest BCUT2D eigenvalue weighted by molar-refractivity contribution is 6.30. The minimum atomic E-state index is -0.921. The Morgan fingerprint density at radius 1 is 1.36 bits per heavy atom. The summed E-state index contributed by atoms with van der Waals surface area (Å²) in [5.74, 6) is -1.67. The van der Waals surface area contributed by atoms with E-state index in [9.17, 15) is 19.5 Å². The lowest BCUT2D eigenvalue weighted by atomic mass is 9.90. The summed E-state index contributed by atoms with van der Waals surface area (Å²) in [7, 11) is 1.69. The van der Waals surface area contributed by atoms with E-state index in [1.165, 1.54) is 0 Å². The number of hydrogen-bond acceptors (Lipinski definition) is 3. The number of benzene rings is 1. The van der Waals surface area contributed by atoms with Gasteiger partial charge in [0.15, 0.2) is 0 Å². The molecular weight excluding hydrogens is 344 g/mol. The molecule has 134 valence electrons. The van der Waals surface area contributed by atoms with Crippen LogP contribution in [0.15, 0.2) is 24.3 Å². The summed E-state index contributed by atoms with van der Waals surface area (Å²) >= 11 is 6.07. The molecule has 0 aromatic heterocycles. The van der Waals surface area contributed by atoms with Crippen LogP contribution in [0.2, 0.25) is 5.02 Å². The van der Waals surface area contributed by atoms with Gasteiger partial charge in [0, 0.05) is 31.6 Å². The minimum Gasteiger partial charge on any atom is -0.481 e. The Hall–Kier alpha value is -2.08. The van der Waals surface area contributed by atoms with Crippen LogP contribution < -0.4 is 0 Å². The average Bonchev–Trinajstić information content (AvgIpc) is 3.09. The summed E-state index contributed by atoms with van der Waals surface area (Å²) in [6.07, 6.45) is 0.555. The van der Waals surface area contributed by atoms with Gasteiger partial charge in [-0.3, -0.25) is 14.4 Å². The van der Waals surface area contributed by atoms with Crippen molar-refractivity contribution < 1.29 is 19.5 Å². The fraction of sp³-hybridized carbons (Fsp3) is 0.500. The molecular formula is C18H21ClN2O4. The third kappa shape index (κ3) is 3.11. The molecule has 3 rings (SSSR count). The van der Waals surface area contributed by atoms with Crippen LogP contribution in [0.25, 0.3) is 0 Å². The summed E-state index contributed by atoms with van der Waals surface area (Å²) in [4.78, 5) is 39.9. The predicted octanol–water partition coefficient (Wildman–Crippen LogP) is 2.18. The first kappa shape index (κ1) is 17.7. The van der Waals surface area contributed by atoms with E-state index in [1.807, 2.05) is 6.07 Å². The topological polar surface area (TPSA) is 77.9 Å². The van der Waals surface area contributed by atoms with E-state index < -0.39 is 17.3 Å². The molecule has 0 bridgehead atoms. The zero-order valence-corrected chi connectivity index (χ0v) is 15.0. The molecule has 2 fully saturated rings. The van der Waals surface area contributed by atoms with Gasteiger partial charge < -0.3 is 14.9 Å². The molecule has 2 aliphatic heterocycles. The average molecular weight is 365 g/mol. The lowest BCUT2D eigenvalue weighted by Crippen LogP contribution is -2.39. The maximum atomic E-state index is 13.0. The molecule has 6 nitrogen and oxygen atoms in total. The Bertz CT molecular complexity index is 738. The van der Waals surface area contributed by atoms with Gasteiger partial charge in [-0.15, -0.1) is 0 Å². The monoisotopic (exact) mass is 364 g/mol. The van der Waals surface area contributed by atoms with Crippen LogP contribution in [0.5, 0.6) is 0 Å². The molecule has 2 amide bonds. The van der Waals surface area contributed by atoms with Crippen molar-refractivity contribution in [1.82, 2.24) is 9.80 Å². The molecule has 0 saturated carbocycles. The van der Waals surface area contributed by atoms with E-state index in [1.54, 1.807) is 42.0 Å². The molecule has 2 aliphatic rings. The van der Waals surface area contributed by atoms with E-state index in [0.717, 1.165) is 5.56 Å². The third-order valence-corrected chi connectivity index (χ3v) is 5.63. The van der Waals surface area contributed by atoms with Crippen LogP contribution in [0.4, 0.5) is 0 Å². The highest BCUT2D eigenvalue weighted by Crippen LogP contribution is 2.40. The molecule has 3 unspecified atom stereocenters. The fourth-order valence-corrected chi connectivity index (χ4v) is 3.99. The number of carboxylic acid groups (broad SMARTS) is 1. The Kier molecular flexibility index (Phi) is 4.49. The first-order valence-corrected chi connectivity index (χ1v) is 8.64. The van der Waals surface area contributed by atoms with Gasteiger partial charge in [-0.25, -0.2) is 0 Å². The van der Waals surface area contributed by atoms with Crippen molar-refractivity contribution in [3.05, 3.63) is 34.9 Å². The first-order valence-electron chi connectivity index (χ1n) is 8.26. The van der Waals surface area contributed by atoms with Crippen LogP contribution in [-0.2, 0) is 14.4 Å². The molecule has 0 spiro atoms. The van der Waals surface area contributed by atoms with E-state index in [2.05, 4.69) is 0 Å². The highest BCUT2D eigenvalue weighted by Gasteiger charge is 2.48. The third-order valence-electron chi connectivity index (χ3n) is 5.40. The lowest BCUT2D eigenvalue weighted by molar-refractivity contribution is -0.147. The second-order valence-corrected chi connectivity index (χ2v) is 7.63.